The molecule has 0 saturated heterocycles. The maximum absolute atomic E-state index is 13.2. The number of fused-ring (bicyclic) bond motifs is 1. The van der Waals surface area contributed by atoms with Crippen LogP contribution in [0.2, 0.25) is 0 Å². The van der Waals surface area contributed by atoms with Gasteiger partial charge >= 0.3 is 0 Å². The second-order valence-corrected chi connectivity index (χ2v) is 4.30. The Balaban J connectivity index is 1.98. The van der Waals surface area contributed by atoms with Crippen molar-refractivity contribution in [2.75, 3.05) is 0 Å². The smallest absolute Gasteiger partial charge is 0.182 e. The highest BCUT2D eigenvalue weighted by atomic mass is 19.1. The van der Waals surface area contributed by atoms with E-state index in [1.807, 2.05) is 24.3 Å². The summed E-state index contributed by atoms with van der Waals surface area (Å²) >= 11 is 0. The van der Waals surface area contributed by atoms with Crippen molar-refractivity contribution in [2.45, 2.75) is 12.5 Å². The monoisotopic (exact) mass is 242 g/mol. The molecule has 1 unspecified atom stereocenters. The summed E-state index contributed by atoms with van der Waals surface area (Å²) in [5.41, 5.74) is 1.45. The zero-order chi connectivity index (χ0) is 12.5. The predicted molar refractivity (Wildman–Crippen MR) is 64.9 cm³/mol. The van der Waals surface area contributed by atoms with Crippen molar-refractivity contribution in [1.82, 2.24) is 0 Å². The molecule has 0 radical (unpaired) electrons. The molecule has 1 aliphatic heterocycles. The minimum Gasteiger partial charge on any atom is -0.478 e. The van der Waals surface area contributed by atoms with Gasteiger partial charge in [0.25, 0.3) is 0 Å². The van der Waals surface area contributed by atoms with E-state index in [9.17, 15) is 9.18 Å². The van der Waals surface area contributed by atoms with Crippen LogP contribution in [-0.2, 0) is 11.2 Å². The van der Waals surface area contributed by atoms with Gasteiger partial charge in [-0.1, -0.05) is 30.3 Å². The van der Waals surface area contributed by atoms with Gasteiger partial charge in [0, 0.05) is 17.5 Å². The molecule has 2 nitrogen and oxygen atoms in total. The third-order valence-electron chi connectivity index (χ3n) is 3.03. The minimum absolute atomic E-state index is 0.0423. The molecule has 2 aromatic carbocycles. The lowest BCUT2D eigenvalue weighted by Crippen LogP contribution is -2.25. The minimum atomic E-state index is -0.699. The Kier molecular flexibility index (Phi) is 2.59. The van der Waals surface area contributed by atoms with Crippen LogP contribution in [0.5, 0.6) is 5.75 Å². The quantitative estimate of drug-likeness (QED) is 0.768. The van der Waals surface area contributed by atoms with Gasteiger partial charge in [0.2, 0.25) is 0 Å². The maximum atomic E-state index is 13.2. The van der Waals surface area contributed by atoms with Crippen LogP contribution in [-0.4, -0.2) is 5.78 Å². The summed E-state index contributed by atoms with van der Waals surface area (Å²) in [6.45, 7) is 0. The number of benzene rings is 2. The molecule has 0 aliphatic carbocycles. The largest absolute Gasteiger partial charge is 0.478 e. The zero-order valence-electron chi connectivity index (χ0n) is 9.60. The molecule has 1 aliphatic rings. The number of hydrogen-bond donors (Lipinski definition) is 0. The van der Waals surface area contributed by atoms with Crippen LogP contribution < -0.4 is 4.74 Å². The average Bonchev–Trinajstić information content (AvgIpc) is 2.38. The first-order valence-corrected chi connectivity index (χ1v) is 5.77. The van der Waals surface area contributed by atoms with E-state index < -0.39 is 6.10 Å². The van der Waals surface area contributed by atoms with Gasteiger partial charge in [0.1, 0.15) is 11.6 Å². The molecule has 0 N–H and O–H groups in total. The van der Waals surface area contributed by atoms with Gasteiger partial charge < -0.3 is 4.74 Å². The van der Waals surface area contributed by atoms with Crippen molar-refractivity contribution < 1.29 is 13.9 Å². The highest BCUT2D eigenvalue weighted by molar-refractivity contribution is 5.88. The third-order valence-corrected chi connectivity index (χ3v) is 3.03. The van der Waals surface area contributed by atoms with E-state index in [1.165, 1.54) is 12.1 Å². The van der Waals surface area contributed by atoms with Crippen molar-refractivity contribution in [3.8, 4) is 5.75 Å². The van der Waals surface area contributed by atoms with E-state index in [0.717, 1.165) is 5.56 Å². The average molecular weight is 242 g/mol. The Bertz CT molecular complexity index is 607. The van der Waals surface area contributed by atoms with E-state index in [-0.39, 0.29) is 11.6 Å². The molecule has 90 valence electrons. The SMILES string of the molecule is O=C1Cc2ccccc2OC1c1cccc(F)c1. The van der Waals surface area contributed by atoms with Gasteiger partial charge in [-0.25, -0.2) is 4.39 Å². The fourth-order valence-corrected chi connectivity index (χ4v) is 2.16. The Morgan fingerprint density at radius 2 is 1.94 bits per heavy atom. The standard InChI is InChI=1S/C15H11FO2/c16-12-6-3-5-11(8-12)15-13(17)9-10-4-1-2-7-14(10)18-15/h1-8,15H,9H2. The van der Waals surface area contributed by atoms with E-state index in [2.05, 4.69) is 0 Å². The Morgan fingerprint density at radius 1 is 1.11 bits per heavy atom. The van der Waals surface area contributed by atoms with Crippen molar-refractivity contribution in [1.29, 1.82) is 0 Å². The van der Waals surface area contributed by atoms with Crippen molar-refractivity contribution in [3.63, 3.8) is 0 Å². The van der Waals surface area contributed by atoms with Crippen LogP contribution in [0.3, 0.4) is 0 Å². The molecule has 1 atom stereocenters. The van der Waals surface area contributed by atoms with Crippen molar-refractivity contribution in [3.05, 3.63) is 65.5 Å². The molecule has 0 bridgehead atoms. The van der Waals surface area contributed by atoms with Gasteiger partial charge in [-0.3, -0.25) is 4.79 Å². The molecule has 2 aromatic rings. The third kappa shape index (κ3) is 1.88. The lowest BCUT2D eigenvalue weighted by atomic mass is 9.96. The molecule has 0 saturated carbocycles. The van der Waals surface area contributed by atoms with Gasteiger partial charge in [0.15, 0.2) is 11.9 Å². The first-order chi connectivity index (χ1) is 8.74. The summed E-state index contributed by atoms with van der Waals surface area (Å²) in [6, 6.07) is 13.4. The number of ether oxygens (including phenoxy) is 1. The number of Topliss-reactive ketones (excluding diaryl/α,β-unsaturated/α-hetero) is 1. The summed E-state index contributed by atoms with van der Waals surface area (Å²) in [7, 11) is 0. The van der Waals surface area contributed by atoms with E-state index in [4.69, 9.17) is 4.74 Å². The Morgan fingerprint density at radius 3 is 2.78 bits per heavy atom. The lowest BCUT2D eigenvalue weighted by molar-refractivity contribution is -0.126. The van der Waals surface area contributed by atoms with E-state index in [1.54, 1.807) is 12.1 Å². The molecule has 3 rings (SSSR count). The molecule has 1 heterocycles. The predicted octanol–water partition coefficient (Wildman–Crippen LogP) is 3.07. The van der Waals surface area contributed by atoms with Crippen LogP contribution in [0.15, 0.2) is 48.5 Å². The summed E-state index contributed by atoms with van der Waals surface area (Å²) in [5, 5.41) is 0. The summed E-state index contributed by atoms with van der Waals surface area (Å²) in [5.74, 6) is 0.299. The first kappa shape index (κ1) is 11.0. The molecular formula is C15H11FO2. The number of ketones is 1. The number of halogens is 1. The van der Waals surface area contributed by atoms with Gasteiger partial charge in [-0.15, -0.1) is 0 Å². The highest BCUT2D eigenvalue weighted by Gasteiger charge is 2.28. The normalized spacial score (nSPS) is 18.1. The first-order valence-electron chi connectivity index (χ1n) is 5.77. The maximum Gasteiger partial charge on any atom is 0.182 e. The van der Waals surface area contributed by atoms with Crippen LogP contribution in [0.1, 0.15) is 17.2 Å². The number of hydrogen-bond acceptors (Lipinski definition) is 2. The van der Waals surface area contributed by atoms with Crippen LogP contribution in [0, 0.1) is 5.82 Å². The lowest BCUT2D eigenvalue weighted by Gasteiger charge is -2.25. The van der Waals surface area contributed by atoms with Crippen LogP contribution >= 0.6 is 0 Å². The second-order valence-electron chi connectivity index (χ2n) is 4.30. The molecule has 0 spiro atoms. The summed E-state index contributed by atoms with van der Waals surface area (Å²) < 4.78 is 18.8. The zero-order valence-corrected chi connectivity index (χ0v) is 9.60. The molecular weight excluding hydrogens is 231 g/mol. The molecule has 0 aromatic heterocycles. The Hall–Kier alpha value is -2.16. The molecule has 3 heteroatoms. The van der Waals surface area contributed by atoms with Gasteiger partial charge in [-0.2, -0.15) is 0 Å². The summed E-state index contributed by atoms with van der Waals surface area (Å²) in [6.07, 6.45) is -0.368. The summed E-state index contributed by atoms with van der Waals surface area (Å²) in [4.78, 5) is 12.0. The molecule has 18 heavy (non-hydrogen) atoms. The topological polar surface area (TPSA) is 26.3 Å². The number of rotatable bonds is 1. The van der Waals surface area contributed by atoms with Crippen LogP contribution in [0.25, 0.3) is 0 Å². The van der Waals surface area contributed by atoms with E-state index >= 15 is 0 Å². The number of carbonyl (C=O) groups excluding carboxylic acids is 1. The van der Waals surface area contributed by atoms with Crippen LogP contribution in [0.4, 0.5) is 4.39 Å². The highest BCUT2D eigenvalue weighted by Crippen LogP contribution is 2.32. The fraction of sp³-hybridized carbons (Fsp3) is 0.133. The fourth-order valence-electron chi connectivity index (χ4n) is 2.16. The number of para-hydroxylation sites is 1. The van der Waals surface area contributed by atoms with E-state index in [0.29, 0.717) is 17.7 Å². The molecule has 0 amide bonds. The Labute approximate surface area is 104 Å². The number of carbonyl (C=O) groups is 1. The van der Waals surface area contributed by atoms with Gasteiger partial charge in [0.05, 0.1) is 0 Å². The van der Waals surface area contributed by atoms with Crippen molar-refractivity contribution in [2.24, 2.45) is 0 Å². The van der Waals surface area contributed by atoms with Gasteiger partial charge in [-0.05, 0) is 18.2 Å². The second kappa shape index (κ2) is 4.26. The molecule has 0 fully saturated rings. The van der Waals surface area contributed by atoms with Crippen molar-refractivity contribution >= 4 is 5.78 Å².